The lowest BCUT2D eigenvalue weighted by Crippen LogP contribution is -2.38. The van der Waals surface area contributed by atoms with Crippen LogP contribution in [-0.4, -0.2) is 50.9 Å². The van der Waals surface area contributed by atoms with Crippen LogP contribution in [0.5, 0.6) is 0 Å². The van der Waals surface area contributed by atoms with E-state index in [9.17, 15) is 4.79 Å². The zero-order chi connectivity index (χ0) is 25.1. The number of imidazole rings is 1. The molecule has 2 aliphatic carbocycles. The number of pyridine rings is 2. The zero-order valence-electron chi connectivity index (χ0n) is 20.7. The number of hydrogen-bond donors (Lipinski definition) is 2. The Labute approximate surface area is 219 Å². The van der Waals surface area contributed by atoms with Gasteiger partial charge in [0.2, 0.25) is 5.95 Å². The summed E-state index contributed by atoms with van der Waals surface area (Å²) in [5.74, 6) is 2.34. The van der Waals surface area contributed by atoms with E-state index in [0.29, 0.717) is 29.3 Å². The van der Waals surface area contributed by atoms with E-state index in [-0.39, 0.29) is 6.10 Å². The van der Waals surface area contributed by atoms with E-state index in [1.54, 1.807) is 12.4 Å². The maximum atomic E-state index is 11.8. The number of hydroxylamine groups is 1. The molecule has 2 N–H and O–H groups in total. The quantitative estimate of drug-likeness (QED) is 0.512. The molecule has 3 unspecified atom stereocenters. The molecule has 3 atom stereocenters. The first kappa shape index (κ1) is 23.2. The van der Waals surface area contributed by atoms with E-state index in [2.05, 4.69) is 32.2 Å². The zero-order valence-corrected chi connectivity index (χ0v) is 21.4. The lowest BCUT2D eigenvalue weighted by atomic mass is 9.83. The smallest absolute Gasteiger partial charge is 0.374 e. The third-order valence-electron chi connectivity index (χ3n) is 8.13. The summed E-state index contributed by atoms with van der Waals surface area (Å²) < 4.78 is 8.28. The molecule has 2 saturated carbocycles. The minimum atomic E-state index is -0.576. The maximum Gasteiger partial charge on any atom is 0.427 e. The number of morpholine rings is 1. The van der Waals surface area contributed by atoms with Gasteiger partial charge in [0, 0.05) is 31.0 Å². The number of anilines is 1. The monoisotopic (exact) mass is 523 g/mol. The van der Waals surface area contributed by atoms with Crippen molar-refractivity contribution in [3.05, 3.63) is 35.2 Å². The molecule has 37 heavy (non-hydrogen) atoms. The first-order chi connectivity index (χ1) is 18.0. The molecule has 3 aromatic rings. The summed E-state index contributed by atoms with van der Waals surface area (Å²) in [4.78, 5) is 33.7. The van der Waals surface area contributed by atoms with Crippen molar-refractivity contribution >= 4 is 34.7 Å². The van der Waals surface area contributed by atoms with Crippen molar-refractivity contribution in [2.45, 2.75) is 63.9 Å². The van der Waals surface area contributed by atoms with Gasteiger partial charge in [-0.15, -0.1) is 5.48 Å². The normalized spacial score (nSPS) is 29.2. The lowest BCUT2D eigenvalue weighted by molar-refractivity contribution is 0.102. The first-order valence-electron chi connectivity index (χ1n) is 13.2. The molecule has 11 heteroatoms. The maximum absolute atomic E-state index is 11.8. The van der Waals surface area contributed by atoms with E-state index in [1.165, 1.54) is 25.7 Å². The van der Waals surface area contributed by atoms with Gasteiger partial charge in [-0.25, -0.2) is 14.8 Å². The predicted molar refractivity (Wildman–Crippen MR) is 138 cm³/mol. The van der Waals surface area contributed by atoms with Crippen LogP contribution < -0.4 is 15.7 Å². The fraction of sp³-hybridized carbons (Fsp3) is 0.538. The highest BCUT2D eigenvalue weighted by Crippen LogP contribution is 2.41. The van der Waals surface area contributed by atoms with Gasteiger partial charge in [0.25, 0.3) is 0 Å². The Morgan fingerprint density at radius 2 is 2.03 bits per heavy atom. The molecule has 4 aliphatic rings. The van der Waals surface area contributed by atoms with Crippen LogP contribution in [0.15, 0.2) is 24.5 Å². The Morgan fingerprint density at radius 1 is 1.16 bits per heavy atom. The van der Waals surface area contributed by atoms with Gasteiger partial charge in [0.05, 0.1) is 46.2 Å². The number of carbonyl (C=O) groups is 1. The Morgan fingerprint density at radius 3 is 2.81 bits per heavy atom. The second kappa shape index (κ2) is 9.11. The Bertz CT molecular complexity index is 1360. The molecule has 10 nitrogen and oxygen atoms in total. The number of nitrogens with zero attached hydrogens (tertiary/aromatic N) is 5. The highest BCUT2D eigenvalue weighted by Gasteiger charge is 2.47. The van der Waals surface area contributed by atoms with Crippen molar-refractivity contribution in [2.75, 3.05) is 18.1 Å². The van der Waals surface area contributed by atoms with Gasteiger partial charge >= 0.3 is 6.09 Å². The van der Waals surface area contributed by atoms with E-state index in [0.717, 1.165) is 53.7 Å². The standard InChI is InChI=1S/C26H30ClN7O3/c1-14-2-4-15(5-3-14)13-34-23-18(30-25(34)33-6-7-36-21-10-20(21)33)9-19(24-31-26(35)37-32-24)29-22(23)16-8-17(27)12-28-11-16/h8-9,11-12,14-15,20-21,24,32H,2-7,10,13H2,1H3,(H,31,35). The minimum absolute atomic E-state index is 0.290. The summed E-state index contributed by atoms with van der Waals surface area (Å²) in [5.41, 5.74) is 6.68. The Balaban J connectivity index is 1.40. The number of amides is 1. The van der Waals surface area contributed by atoms with E-state index in [4.69, 9.17) is 31.1 Å². The van der Waals surface area contributed by atoms with Crippen LogP contribution in [0.2, 0.25) is 5.02 Å². The Hall–Kier alpha value is -2.95. The minimum Gasteiger partial charge on any atom is -0.374 e. The third kappa shape index (κ3) is 4.30. The molecule has 0 aromatic carbocycles. The molecule has 0 radical (unpaired) electrons. The van der Waals surface area contributed by atoms with Crippen LogP contribution >= 0.6 is 11.6 Å². The number of ether oxygens (including phenoxy) is 1. The van der Waals surface area contributed by atoms with Crippen molar-refractivity contribution in [3.8, 4) is 11.3 Å². The van der Waals surface area contributed by atoms with E-state index in [1.807, 2.05) is 12.1 Å². The van der Waals surface area contributed by atoms with Crippen LogP contribution in [0.4, 0.5) is 10.7 Å². The summed E-state index contributed by atoms with van der Waals surface area (Å²) in [5, 5.41) is 3.29. The predicted octanol–water partition coefficient (Wildman–Crippen LogP) is 4.19. The highest BCUT2D eigenvalue weighted by atomic mass is 35.5. The van der Waals surface area contributed by atoms with Crippen LogP contribution in [-0.2, 0) is 16.1 Å². The molecular formula is C26H30ClN7O3. The number of aromatic nitrogens is 4. The average molecular weight is 524 g/mol. The van der Waals surface area contributed by atoms with Crippen molar-refractivity contribution in [1.82, 2.24) is 30.3 Å². The van der Waals surface area contributed by atoms with Gasteiger partial charge in [-0.2, -0.15) is 0 Å². The number of fused-ring (bicyclic) bond motifs is 2. The van der Waals surface area contributed by atoms with Crippen molar-refractivity contribution in [2.24, 2.45) is 11.8 Å². The molecular weight excluding hydrogens is 494 g/mol. The molecule has 0 bridgehead atoms. The number of carbonyl (C=O) groups excluding carboxylic acids is 1. The summed E-state index contributed by atoms with van der Waals surface area (Å²) in [6, 6.07) is 4.18. The van der Waals surface area contributed by atoms with Crippen LogP contribution in [0.25, 0.3) is 22.3 Å². The van der Waals surface area contributed by atoms with Gasteiger partial charge in [-0.3, -0.25) is 10.3 Å². The SMILES string of the molecule is CC1CCC(Cn2c(N3CCOC4CC43)nc3cc(C4NOC(=O)N4)nc(-c4cncc(Cl)c4)c32)CC1. The molecule has 194 valence electrons. The fourth-order valence-electron chi connectivity index (χ4n) is 6.02. The highest BCUT2D eigenvalue weighted by molar-refractivity contribution is 6.30. The second-order valence-electron chi connectivity index (χ2n) is 10.8. The molecule has 1 amide bonds. The Kier molecular flexibility index (Phi) is 5.71. The summed E-state index contributed by atoms with van der Waals surface area (Å²) in [7, 11) is 0. The molecule has 2 aliphatic heterocycles. The van der Waals surface area contributed by atoms with Crippen LogP contribution in [0, 0.1) is 11.8 Å². The average Bonchev–Trinajstić information content (AvgIpc) is 3.44. The molecule has 4 fully saturated rings. The summed E-state index contributed by atoms with van der Waals surface area (Å²) in [6.45, 7) is 4.76. The van der Waals surface area contributed by atoms with Crippen molar-refractivity contribution in [1.29, 1.82) is 0 Å². The van der Waals surface area contributed by atoms with Gasteiger partial charge in [0.1, 0.15) is 0 Å². The van der Waals surface area contributed by atoms with Gasteiger partial charge in [-0.1, -0.05) is 31.4 Å². The largest absolute Gasteiger partial charge is 0.427 e. The number of halogens is 1. The lowest BCUT2D eigenvalue weighted by Gasteiger charge is -2.31. The van der Waals surface area contributed by atoms with Crippen LogP contribution in [0.3, 0.4) is 0 Å². The van der Waals surface area contributed by atoms with E-state index < -0.39 is 12.3 Å². The molecule has 7 rings (SSSR count). The molecule has 2 saturated heterocycles. The molecule has 5 heterocycles. The number of nitrogens with one attached hydrogen (secondary N) is 2. The third-order valence-corrected chi connectivity index (χ3v) is 8.33. The van der Waals surface area contributed by atoms with E-state index >= 15 is 0 Å². The molecule has 3 aromatic heterocycles. The second-order valence-corrected chi connectivity index (χ2v) is 11.2. The fourth-order valence-corrected chi connectivity index (χ4v) is 6.20. The molecule has 0 spiro atoms. The van der Waals surface area contributed by atoms with Gasteiger partial charge in [0.15, 0.2) is 6.17 Å². The van der Waals surface area contributed by atoms with Crippen molar-refractivity contribution in [3.63, 3.8) is 0 Å². The van der Waals surface area contributed by atoms with Crippen molar-refractivity contribution < 1.29 is 14.4 Å². The summed E-state index contributed by atoms with van der Waals surface area (Å²) >= 11 is 6.37. The summed E-state index contributed by atoms with van der Waals surface area (Å²) in [6.07, 6.45) is 8.55. The van der Waals surface area contributed by atoms with Gasteiger partial charge in [-0.05, 0) is 43.2 Å². The topological polar surface area (TPSA) is 106 Å². The first-order valence-corrected chi connectivity index (χ1v) is 13.5. The van der Waals surface area contributed by atoms with Crippen LogP contribution in [0.1, 0.15) is 50.9 Å². The number of rotatable bonds is 5. The number of hydrogen-bond acceptors (Lipinski definition) is 8. The van der Waals surface area contributed by atoms with Gasteiger partial charge < -0.3 is 19.0 Å².